The van der Waals surface area contributed by atoms with Crippen molar-refractivity contribution in [3.8, 4) is 55.6 Å². The van der Waals surface area contributed by atoms with E-state index in [1.165, 1.54) is 122 Å². The Morgan fingerprint density at radius 3 is 0.910 bits per heavy atom. The molecule has 0 heterocycles. The van der Waals surface area contributed by atoms with Gasteiger partial charge in [-0.2, -0.15) is 0 Å². The Bertz CT molecular complexity index is 5400. The van der Waals surface area contributed by atoms with Crippen LogP contribution in [0.1, 0.15) is 66.8 Å². The van der Waals surface area contributed by atoms with Gasteiger partial charge >= 0.3 is 0 Å². The average Bonchev–Trinajstić information content (AvgIpc) is 1.53. The molecule has 474 valence electrons. The van der Waals surface area contributed by atoms with Crippen LogP contribution < -0.4 is 9.80 Å². The molecule has 2 aliphatic rings. The van der Waals surface area contributed by atoms with Gasteiger partial charge in [0.2, 0.25) is 0 Å². The fourth-order valence-electron chi connectivity index (χ4n) is 17.4. The Balaban J connectivity index is 0.824. The van der Waals surface area contributed by atoms with Crippen molar-refractivity contribution in [2.45, 2.75) is 38.5 Å². The lowest BCUT2D eigenvalue weighted by atomic mass is 9.67. The van der Waals surface area contributed by atoms with E-state index in [0.717, 1.165) is 56.4 Å². The zero-order valence-electron chi connectivity index (χ0n) is 56.5. The Kier molecular flexibility index (Phi) is 14.6. The number of para-hydroxylation sites is 2. The largest absolute Gasteiger partial charge is 0.309 e. The maximum Gasteiger partial charge on any atom is 0.0714 e. The van der Waals surface area contributed by atoms with Gasteiger partial charge in [-0.25, -0.2) is 0 Å². The molecule has 0 atom stereocenters. The molecule has 0 spiro atoms. The normalized spacial score (nSPS) is 13.0. The number of hydrogen-bond acceptors (Lipinski definition) is 2. The first-order valence-electron chi connectivity index (χ1n) is 35.0. The molecule has 0 bridgehead atoms. The molecule has 2 nitrogen and oxygen atoms in total. The van der Waals surface area contributed by atoms with Crippen molar-refractivity contribution in [2.24, 2.45) is 0 Å². The molecule has 16 aromatic carbocycles. The molecule has 18 rings (SSSR count). The molecular weight excluding hydrogens is 1210 g/mol. The molecular formula is C98H72N2. The predicted molar refractivity (Wildman–Crippen MR) is 421 cm³/mol. The fraction of sp³-hybridized carbons (Fsp3) is 0.0612. The third-order valence-corrected chi connectivity index (χ3v) is 21.7. The number of fused-ring (bicyclic) bond motifs is 8. The fourth-order valence-corrected chi connectivity index (χ4v) is 17.4. The minimum absolute atomic E-state index is 0.586. The summed E-state index contributed by atoms with van der Waals surface area (Å²) in [5.74, 6) is 0. The van der Waals surface area contributed by atoms with Crippen molar-refractivity contribution < 1.29 is 0 Å². The van der Waals surface area contributed by atoms with Crippen LogP contribution in [-0.2, 0) is 10.8 Å². The van der Waals surface area contributed by atoms with E-state index in [9.17, 15) is 0 Å². The van der Waals surface area contributed by atoms with Crippen molar-refractivity contribution in [1.82, 2.24) is 0 Å². The van der Waals surface area contributed by atoms with Crippen LogP contribution in [0.4, 0.5) is 34.1 Å². The van der Waals surface area contributed by atoms with E-state index in [1.807, 2.05) is 0 Å². The van der Waals surface area contributed by atoms with Gasteiger partial charge in [-0.3, -0.25) is 0 Å². The Morgan fingerprint density at radius 1 is 0.210 bits per heavy atom. The summed E-state index contributed by atoms with van der Waals surface area (Å²) in [6.45, 7) is 9.16. The van der Waals surface area contributed by atoms with Gasteiger partial charge in [0.1, 0.15) is 0 Å². The van der Waals surface area contributed by atoms with Crippen LogP contribution in [0.25, 0.3) is 77.2 Å². The van der Waals surface area contributed by atoms with Crippen molar-refractivity contribution in [1.29, 1.82) is 0 Å². The van der Waals surface area contributed by atoms with E-state index < -0.39 is 10.8 Å². The lowest BCUT2D eigenvalue weighted by Crippen LogP contribution is -2.28. The van der Waals surface area contributed by atoms with Crippen molar-refractivity contribution in [3.05, 3.63) is 431 Å². The molecule has 0 fully saturated rings. The lowest BCUT2D eigenvalue weighted by molar-refractivity contribution is 0.768. The topological polar surface area (TPSA) is 6.48 Å². The molecule has 0 saturated heterocycles. The van der Waals surface area contributed by atoms with Crippen molar-refractivity contribution in [3.63, 3.8) is 0 Å². The second kappa shape index (κ2) is 24.3. The molecule has 0 saturated carbocycles. The monoisotopic (exact) mass is 1280 g/mol. The number of aryl methyl sites for hydroxylation is 4. The van der Waals surface area contributed by atoms with Gasteiger partial charge < -0.3 is 9.80 Å². The summed E-state index contributed by atoms with van der Waals surface area (Å²) in [6, 6.07) is 136. The summed E-state index contributed by atoms with van der Waals surface area (Å²) in [5.41, 5.74) is 32.3. The molecule has 0 N–H and O–H groups in total. The van der Waals surface area contributed by atoms with Gasteiger partial charge in [-0.15, -0.1) is 0 Å². The SMILES string of the molecule is Cc1cc(-c2ccc(N(c3ccc4c(c3)C(c3ccccc3)(c3ccccc3)c3ccccc3-4)c3c(C)cccc3-c3cccc4ccccc34)c(C)c2)ccc1N(c1ccc2c(c1)C(c1ccccc1)(c1ccccc1)c1ccccc1-2)c1c(C)cccc1-c1cccc2ccccc12. The highest BCUT2D eigenvalue weighted by Gasteiger charge is 2.48. The Hall–Kier alpha value is -12.4. The number of hydrogen-bond donors (Lipinski definition) is 0. The van der Waals surface area contributed by atoms with E-state index >= 15 is 0 Å². The van der Waals surface area contributed by atoms with Crippen LogP contribution in [-0.4, -0.2) is 0 Å². The minimum Gasteiger partial charge on any atom is -0.309 e. The van der Waals surface area contributed by atoms with E-state index in [0.29, 0.717) is 0 Å². The van der Waals surface area contributed by atoms with Crippen LogP contribution >= 0.6 is 0 Å². The Morgan fingerprint density at radius 2 is 0.520 bits per heavy atom. The second-order valence-electron chi connectivity index (χ2n) is 27.2. The summed E-state index contributed by atoms with van der Waals surface area (Å²) in [7, 11) is 0. The number of rotatable bonds is 13. The van der Waals surface area contributed by atoms with Gasteiger partial charge in [0.05, 0.1) is 22.2 Å². The molecule has 0 radical (unpaired) electrons. The maximum absolute atomic E-state index is 2.57. The van der Waals surface area contributed by atoms with Crippen molar-refractivity contribution >= 4 is 55.7 Å². The van der Waals surface area contributed by atoms with Crippen LogP contribution in [0.2, 0.25) is 0 Å². The molecule has 2 heteroatoms. The number of benzene rings is 16. The molecule has 0 aliphatic heterocycles. The second-order valence-corrected chi connectivity index (χ2v) is 27.2. The lowest BCUT2D eigenvalue weighted by Gasteiger charge is -2.36. The van der Waals surface area contributed by atoms with Gasteiger partial charge in [-0.1, -0.05) is 315 Å². The maximum atomic E-state index is 2.57. The van der Waals surface area contributed by atoms with Crippen LogP contribution in [0.15, 0.2) is 364 Å². The molecule has 100 heavy (non-hydrogen) atoms. The first-order valence-corrected chi connectivity index (χ1v) is 35.0. The molecule has 0 amide bonds. The molecule has 0 unspecified atom stereocenters. The van der Waals surface area contributed by atoms with Gasteiger partial charge in [0.25, 0.3) is 0 Å². The standard InChI is InChI=1S/C98H72N2/c1-65-29-25-49-87(81-47-27-33-69-31-17-19-43-79(69)81)95(65)99(77-55-57-85-83-45-21-23-51-89(83)97(91(85)63-77,73-35-9-5-10-36-73)74-37-11-6-12-38-74)93-59-53-71(61-67(93)3)72-54-60-94(68(4)62-72)100(96-66(2)30-26-50-88(96)82-48-28-34-70-32-18-20-44-80(70)82)78-56-58-86-84-46-22-24-52-90(84)98(92(86)64-78,75-39-13-7-14-40-75)76-41-15-8-16-42-76/h5-64H,1-4H3. The van der Waals surface area contributed by atoms with E-state index in [2.05, 4.69) is 401 Å². The molecule has 0 aromatic heterocycles. The third kappa shape index (κ3) is 9.39. The zero-order valence-corrected chi connectivity index (χ0v) is 56.5. The highest BCUT2D eigenvalue weighted by Crippen LogP contribution is 2.60. The highest BCUT2D eigenvalue weighted by molar-refractivity contribution is 6.05. The van der Waals surface area contributed by atoms with Crippen LogP contribution in [0.3, 0.4) is 0 Å². The highest BCUT2D eigenvalue weighted by atomic mass is 15.2. The van der Waals surface area contributed by atoms with Gasteiger partial charge in [0.15, 0.2) is 0 Å². The van der Waals surface area contributed by atoms with Gasteiger partial charge in [0, 0.05) is 33.9 Å². The summed E-state index contributed by atoms with van der Waals surface area (Å²) in [4.78, 5) is 5.13. The van der Waals surface area contributed by atoms with E-state index in [1.54, 1.807) is 0 Å². The molecule has 16 aromatic rings. The summed E-state index contributed by atoms with van der Waals surface area (Å²) in [5, 5.41) is 4.87. The number of nitrogens with zero attached hydrogens (tertiary/aromatic N) is 2. The van der Waals surface area contributed by atoms with Crippen molar-refractivity contribution in [2.75, 3.05) is 9.80 Å². The van der Waals surface area contributed by atoms with Crippen LogP contribution in [0.5, 0.6) is 0 Å². The third-order valence-electron chi connectivity index (χ3n) is 21.7. The number of anilines is 6. The zero-order chi connectivity index (χ0) is 67.1. The van der Waals surface area contributed by atoms with Crippen LogP contribution in [0, 0.1) is 27.7 Å². The average molecular weight is 1280 g/mol. The van der Waals surface area contributed by atoms with E-state index in [4.69, 9.17) is 0 Å². The first-order chi connectivity index (χ1) is 49.3. The van der Waals surface area contributed by atoms with Gasteiger partial charge in [-0.05, 0) is 209 Å². The van der Waals surface area contributed by atoms with E-state index in [-0.39, 0.29) is 0 Å². The Labute approximate surface area is 586 Å². The smallest absolute Gasteiger partial charge is 0.0714 e. The summed E-state index contributed by atoms with van der Waals surface area (Å²) < 4.78 is 0. The predicted octanol–water partition coefficient (Wildman–Crippen LogP) is 25.9. The molecule has 2 aliphatic carbocycles. The quantitative estimate of drug-likeness (QED) is 0.114. The minimum atomic E-state index is -0.586. The summed E-state index contributed by atoms with van der Waals surface area (Å²) in [6.07, 6.45) is 0. The summed E-state index contributed by atoms with van der Waals surface area (Å²) >= 11 is 0. The first kappa shape index (κ1) is 60.1.